The smallest absolute Gasteiger partial charge is 0.0479 e. The fourth-order valence-electron chi connectivity index (χ4n) is 0.440. The van der Waals surface area contributed by atoms with Gasteiger partial charge in [0.1, 0.15) is 0 Å². The molecule has 0 saturated heterocycles. The molecule has 0 fully saturated rings. The van der Waals surface area contributed by atoms with Gasteiger partial charge in [-0.3, -0.25) is 4.99 Å². The molecule has 0 unspecified atom stereocenters. The summed E-state index contributed by atoms with van der Waals surface area (Å²) in [6, 6.07) is 0. The minimum Gasteiger partial charge on any atom is -0.294 e. The first-order valence-corrected chi connectivity index (χ1v) is 4.69. The lowest BCUT2D eigenvalue weighted by Gasteiger charge is -1.93. The minimum absolute atomic E-state index is 0.987. The average molecular weight is 145 g/mol. The summed E-state index contributed by atoms with van der Waals surface area (Å²) >= 11 is 1.85. The highest BCUT2D eigenvalue weighted by atomic mass is 32.2. The summed E-state index contributed by atoms with van der Waals surface area (Å²) in [5.41, 5.74) is 1.27. The third-order valence-electron chi connectivity index (χ3n) is 1.19. The van der Waals surface area contributed by atoms with Crippen LogP contribution < -0.4 is 0 Å². The highest BCUT2D eigenvalue weighted by Gasteiger charge is 1.83. The van der Waals surface area contributed by atoms with Crippen LogP contribution in [-0.4, -0.2) is 24.3 Å². The van der Waals surface area contributed by atoms with Crippen LogP contribution in [0.1, 0.15) is 20.3 Å². The van der Waals surface area contributed by atoms with E-state index < -0.39 is 0 Å². The summed E-state index contributed by atoms with van der Waals surface area (Å²) in [5.74, 6) is 1.15. The molecule has 0 heterocycles. The third-order valence-corrected chi connectivity index (χ3v) is 1.78. The number of nitrogens with zero attached hydrogens (tertiary/aromatic N) is 1. The lowest BCUT2D eigenvalue weighted by atomic mass is 10.3. The molecule has 0 saturated carbocycles. The maximum atomic E-state index is 4.33. The van der Waals surface area contributed by atoms with Gasteiger partial charge in [0.15, 0.2) is 0 Å². The highest BCUT2D eigenvalue weighted by molar-refractivity contribution is 7.98. The molecule has 0 amide bonds. The van der Waals surface area contributed by atoms with E-state index in [2.05, 4.69) is 25.1 Å². The van der Waals surface area contributed by atoms with E-state index in [1.807, 2.05) is 11.8 Å². The van der Waals surface area contributed by atoms with E-state index in [0.717, 1.165) is 18.7 Å². The van der Waals surface area contributed by atoms with Crippen LogP contribution in [0.15, 0.2) is 4.99 Å². The first-order valence-electron chi connectivity index (χ1n) is 3.30. The standard InChI is InChI=1S/C7H15NS/c1-4-7(2)8-5-6-9-3/h4-6H2,1-3H3. The zero-order chi connectivity index (χ0) is 7.11. The molecule has 9 heavy (non-hydrogen) atoms. The van der Waals surface area contributed by atoms with Gasteiger partial charge in [0.25, 0.3) is 0 Å². The molecule has 2 heteroatoms. The van der Waals surface area contributed by atoms with Gasteiger partial charge in [-0.2, -0.15) is 11.8 Å². The van der Waals surface area contributed by atoms with Gasteiger partial charge >= 0.3 is 0 Å². The largest absolute Gasteiger partial charge is 0.294 e. The topological polar surface area (TPSA) is 12.4 Å². The maximum absolute atomic E-state index is 4.33. The van der Waals surface area contributed by atoms with Gasteiger partial charge in [-0.05, 0) is 19.6 Å². The van der Waals surface area contributed by atoms with Crippen molar-refractivity contribution in [1.82, 2.24) is 0 Å². The number of hydrogen-bond donors (Lipinski definition) is 0. The predicted molar refractivity (Wildman–Crippen MR) is 46.6 cm³/mol. The second-order valence-corrected chi connectivity index (χ2v) is 2.95. The Morgan fingerprint density at radius 1 is 1.56 bits per heavy atom. The van der Waals surface area contributed by atoms with E-state index >= 15 is 0 Å². The number of thioether (sulfide) groups is 1. The van der Waals surface area contributed by atoms with E-state index in [9.17, 15) is 0 Å². The second kappa shape index (κ2) is 6.14. The fourth-order valence-corrected chi connectivity index (χ4v) is 0.713. The zero-order valence-corrected chi connectivity index (χ0v) is 7.29. The van der Waals surface area contributed by atoms with Crippen molar-refractivity contribution in [1.29, 1.82) is 0 Å². The molecule has 0 bridgehead atoms. The monoisotopic (exact) mass is 145 g/mol. The van der Waals surface area contributed by atoms with Gasteiger partial charge in [0.2, 0.25) is 0 Å². The van der Waals surface area contributed by atoms with Crippen molar-refractivity contribution in [2.24, 2.45) is 4.99 Å². The van der Waals surface area contributed by atoms with Crippen molar-refractivity contribution >= 4 is 17.5 Å². The molecule has 0 aromatic heterocycles. The van der Waals surface area contributed by atoms with Crippen LogP contribution in [0.3, 0.4) is 0 Å². The quantitative estimate of drug-likeness (QED) is 0.436. The summed E-state index contributed by atoms with van der Waals surface area (Å²) in [6.07, 6.45) is 3.20. The van der Waals surface area contributed by atoms with Crippen LogP contribution in [0, 0.1) is 0 Å². The summed E-state index contributed by atoms with van der Waals surface area (Å²) in [5, 5.41) is 0. The van der Waals surface area contributed by atoms with Crippen LogP contribution in [0.5, 0.6) is 0 Å². The molecular formula is C7H15NS. The lowest BCUT2D eigenvalue weighted by Crippen LogP contribution is -1.91. The van der Waals surface area contributed by atoms with E-state index in [1.54, 1.807) is 0 Å². The van der Waals surface area contributed by atoms with Gasteiger partial charge < -0.3 is 0 Å². The van der Waals surface area contributed by atoms with Crippen molar-refractivity contribution in [3.63, 3.8) is 0 Å². The van der Waals surface area contributed by atoms with E-state index in [-0.39, 0.29) is 0 Å². The van der Waals surface area contributed by atoms with Gasteiger partial charge in [-0.15, -0.1) is 0 Å². The molecule has 54 valence electrons. The molecule has 0 aromatic rings. The van der Waals surface area contributed by atoms with Crippen molar-refractivity contribution in [3.8, 4) is 0 Å². The molecule has 0 aromatic carbocycles. The van der Waals surface area contributed by atoms with Crippen LogP contribution in [0.4, 0.5) is 0 Å². The summed E-state index contributed by atoms with van der Waals surface area (Å²) in [7, 11) is 0. The van der Waals surface area contributed by atoms with Crippen LogP contribution >= 0.6 is 11.8 Å². The SMILES string of the molecule is CCC(C)=NCCSC. The maximum Gasteiger partial charge on any atom is 0.0479 e. The Balaban J connectivity index is 3.21. The number of hydrogen-bond acceptors (Lipinski definition) is 2. The van der Waals surface area contributed by atoms with Crippen molar-refractivity contribution in [2.75, 3.05) is 18.6 Å². The Morgan fingerprint density at radius 3 is 2.67 bits per heavy atom. The van der Waals surface area contributed by atoms with Gasteiger partial charge in [-0.1, -0.05) is 6.92 Å². The number of rotatable bonds is 4. The van der Waals surface area contributed by atoms with Crippen LogP contribution in [0.25, 0.3) is 0 Å². The molecule has 0 N–H and O–H groups in total. The minimum atomic E-state index is 0.987. The molecule has 0 spiro atoms. The first kappa shape index (κ1) is 9.02. The van der Waals surface area contributed by atoms with E-state index in [0.29, 0.717) is 0 Å². The Morgan fingerprint density at radius 2 is 2.22 bits per heavy atom. The summed E-state index contributed by atoms with van der Waals surface area (Å²) in [4.78, 5) is 4.33. The third kappa shape index (κ3) is 5.90. The Hall–Kier alpha value is 0.0200. The molecule has 0 aliphatic heterocycles. The van der Waals surface area contributed by atoms with Crippen molar-refractivity contribution < 1.29 is 0 Å². The molecule has 1 nitrogen and oxygen atoms in total. The predicted octanol–water partition coefficient (Wildman–Crippen LogP) is 2.22. The Kier molecular flexibility index (Phi) is 6.16. The van der Waals surface area contributed by atoms with Crippen molar-refractivity contribution in [2.45, 2.75) is 20.3 Å². The fraction of sp³-hybridized carbons (Fsp3) is 0.857. The molecule has 0 radical (unpaired) electrons. The zero-order valence-electron chi connectivity index (χ0n) is 6.48. The highest BCUT2D eigenvalue weighted by Crippen LogP contribution is 1.91. The average Bonchev–Trinajstić information content (AvgIpc) is 1.89. The van der Waals surface area contributed by atoms with E-state index in [1.165, 1.54) is 5.71 Å². The lowest BCUT2D eigenvalue weighted by molar-refractivity contribution is 1.11. The van der Waals surface area contributed by atoms with Crippen LogP contribution in [0.2, 0.25) is 0 Å². The normalized spacial score (nSPS) is 12.1. The van der Waals surface area contributed by atoms with E-state index in [4.69, 9.17) is 0 Å². The number of aliphatic imine (C=N–C) groups is 1. The van der Waals surface area contributed by atoms with Crippen LogP contribution in [-0.2, 0) is 0 Å². The second-order valence-electron chi connectivity index (χ2n) is 1.96. The van der Waals surface area contributed by atoms with Gasteiger partial charge in [-0.25, -0.2) is 0 Å². The Labute approximate surface area is 61.9 Å². The molecular weight excluding hydrogens is 130 g/mol. The molecule has 0 aliphatic rings. The molecule has 0 rings (SSSR count). The summed E-state index contributed by atoms with van der Waals surface area (Å²) < 4.78 is 0. The summed E-state index contributed by atoms with van der Waals surface area (Å²) in [6.45, 7) is 5.21. The van der Waals surface area contributed by atoms with Crippen molar-refractivity contribution in [3.05, 3.63) is 0 Å². The molecule has 0 atom stereocenters. The van der Waals surface area contributed by atoms with Gasteiger partial charge in [0.05, 0.1) is 0 Å². The van der Waals surface area contributed by atoms with Gasteiger partial charge in [0, 0.05) is 18.0 Å². The Bertz CT molecular complexity index is 88.9. The molecule has 0 aliphatic carbocycles. The first-order chi connectivity index (χ1) is 4.31.